The van der Waals surface area contributed by atoms with Gasteiger partial charge in [-0.3, -0.25) is 0 Å². The Bertz CT molecular complexity index is 209. The average molecular weight is 243 g/mol. The van der Waals surface area contributed by atoms with Crippen molar-refractivity contribution >= 4 is 0 Å². The summed E-state index contributed by atoms with van der Waals surface area (Å²) in [5, 5.41) is 0.969. The minimum Gasteiger partial charge on any atom is -0.301 e. The first-order chi connectivity index (χ1) is 8.28. The third-order valence-corrected chi connectivity index (χ3v) is 4.33. The van der Waals surface area contributed by atoms with E-state index in [1.165, 1.54) is 45.7 Å². The average Bonchev–Trinajstić information content (AvgIpc) is 2.39. The first kappa shape index (κ1) is 13.2. The third kappa shape index (κ3) is 4.19. The van der Waals surface area contributed by atoms with Crippen LogP contribution in [-0.4, -0.2) is 67.3 Å². The first-order valence-corrected chi connectivity index (χ1v) is 7.13. The van der Waals surface area contributed by atoms with E-state index in [0.29, 0.717) is 13.1 Å². The highest BCUT2D eigenvalue weighted by molar-refractivity contribution is 4.74. The fourth-order valence-corrected chi connectivity index (χ4v) is 2.88. The van der Waals surface area contributed by atoms with Crippen LogP contribution < -0.4 is 0 Å². The maximum Gasteiger partial charge on any atom is 0.0293 e. The second-order valence-electron chi connectivity index (χ2n) is 5.42. The lowest BCUT2D eigenvalue weighted by molar-refractivity contribution is -0.0114. The van der Waals surface area contributed by atoms with Crippen LogP contribution in [0.3, 0.4) is 0 Å². The number of halogens is 1. The van der Waals surface area contributed by atoms with Crippen molar-refractivity contribution in [3.8, 4) is 0 Å². The van der Waals surface area contributed by atoms with Crippen molar-refractivity contribution in [3.05, 3.63) is 0 Å². The van der Waals surface area contributed by atoms with Gasteiger partial charge in [-0.15, -0.1) is 9.60 Å². The molecule has 100 valence electrons. The highest BCUT2D eigenvalue weighted by Gasteiger charge is 2.21. The molecular weight excluding hydrogens is 217 g/mol. The summed E-state index contributed by atoms with van der Waals surface area (Å²) in [6.45, 7) is 10.8. The number of likely N-dealkylation sites (N-methyl/N-ethyl adjacent to an activating group) is 1. The Hall–Kier alpha value is -0.190. The minimum atomic E-state index is 0.647. The molecule has 2 saturated heterocycles. The number of piperidine rings is 1. The summed E-state index contributed by atoms with van der Waals surface area (Å²) in [6, 6.07) is 0. The van der Waals surface area contributed by atoms with Crippen molar-refractivity contribution < 1.29 is 4.48 Å². The van der Waals surface area contributed by atoms with E-state index in [2.05, 4.69) is 16.7 Å². The summed E-state index contributed by atoms with van der Waals surface area (Å²) in [6.07, 6.45) is 3.36. The van der Waals surface area contributed by atoms with Gasteiger partial charge in [-0.25, -0.2) is 0 Å². The van der Waals surface area contributed by atoms with Crippen molar-refractivity contribution in [2.24, 2.45) is 5.92 Å². The number of nitrogens with zero attached hydrogens (tertiary/aromatic N) is 3. The van der Waals surface area contributed by atoms with Crippen LogP contribution in [-0.2, 0) is 0 Å². The van der Waals surface area contributed by atoms with Gasteiger partial charge < -0.3 is 9.80 Å². The molecule has 4 heteroatoms. The van der Waals surface area contributed by atoms with Crippen molar-refractivity contribution in [3.63, 3.8) is 0 Å². The SMILES string of the molecule is CCN1CCN(CCC2CCN(F)CC2)CC1. The molecule has 0 bridgehead atoms. The van der Waals surface area contributed by atoms with E-state index in [9.17, 15) is 4.48 Å². The smallest absolute Gasteiger partial charge is 0.0293 e. The molecule has 0 unspecified atom stereocenters. The zero-order valence-electron chi connectivity index (χ0n) is 11.1. The van der Waals surface area contributed by atoms with Gasteiger partial charge >= 0.3 is 0 Å². The van der Waals surface area contributed by atoms with Gasteiger partial charge in [-0.2, -0.15) is 0 Å². The van der Waals surface area contributed by atoms with Gasteiger partial charge in [0.1, 0.15) is 0 Å². The highest BCUT2D eigenvalue weighted by atomic mass is 19.2. The monoisotopic (exact) mass is 243 g/mol. The Kier molecular flexibility index (Phi) is 5.19. The van der Waals surface area contributed by atoms with Gasteiger partial charge in [0.15, 0.2) is 0 Å². The van der Waals surface area contributed by atoms with Crippen molar-refractivity contribution in [2.75, 3.05) is 52.4 Å². The zero-order valence-corrected chi connectivity index (χ0v) is 11.1. The quantitative estimate of drug-likeness (QED) is 0.695. The second kappa shape index (κ2) is 6.66. The molecule has 0 aliphatic carbocycles. The molecule has 0 spiro atoms. The van der Waals surface area contributed by atoms with E-state index in [0.717, 1.165) is 23.9 Å². The summed E-state index contributed by atoms with van der Waals surface area (Å²) < 4.78 is 12.9. The Morgan fingerprint density at radius 2 is 1.53 bits per heavy atom. The molecule has 2 aliphatic rings. The predicted molar refractivity (Wildman–Crippen MR) is 68.6 cm³/mol. The summed E-state index contributed by atoms with van der Waals surface area (Å²) >= 11 is 0. The topological polar surface area (TPSA) is 9.72 Å². The largest absolute Gasteiger partial charge is 0.301 e. The number of rotatable bonds is 4. The van der Waals surface area contributed by atoms with E-state index in [4.69, 9.17) is 0 Å². The number of piperazine rings is 1. The normalized spacial score (nSPS) is 26.5. The molecule has 17 heavy (non-hydrogen) atoms. The van der Waals surface area contributed by atoms with Crippen molar-refractivity contribution in [1.82, 2.24) is 14.9 Å². The maximum absolute atomic E-state index is 12.9. The van der Waals surface area contributed by atoms with Crippen molar-refractivity contribution in [2.45, 2.75) is 26.2 Å². The van der Waals surface area contributed by atoms with Crippen LogP contribution in [0.1, 0.15) is 26.2 Å². The van der Waals surface area contributed by atoms with Gasteiger partial charge in [0.05, 0.1) is 0 Å². The Morgan fingerprint density at radius 1 is 0.941 bits per heavy atom. The number of hydrogen-bond donors (Lipinski definition) is 0. The minimum absolute atomic E-state index is 0.647. The first-order valence-electron chi connectivity index (χ1n) is 7.13. The predicted octanol–water partition coefficient (Wildman–Crippen LogP) is 1.61. The molecule has 0 aromatic carbocycles. The summed E-state index contributed by atoms with van der Waals surface area (Å²) in [7, 11) is 0. The van der Waals surface area contributed by atoms with Crippen LogP contribution in [0, 0.1) is 5.92 Å². The highest BCUT2D eigenvalue weighted by Crippen LogP contribution is 2.21. The molecule has 3 nitrogen and oxygen atoms in total. The standard InChI is InChI=1S/C13H26FN3/c1-2-15-9-11-16(12-10-15)6-3-13-4-7-17(14)8-5-13/h13H,2-12H2,1H3. The molecule has 2 heterocycles. The molecule has 0 aromatic heterocycles. The summed E-state index contributed by atoms with van der Waals surface area (Å²) in [5.41, 5.74) is 0. The van der Waals surface area contributed by atoms with E-state index in [-0.39, 0.29) is 0 Å². The van der Waals surface area contributed by atoms with Gasteiger partial charge in [0.2, 0.25) is 0 Å². The van der Waals surface area contributed by atoms with E-state index in [1.807, 2.05) is 0 Å². The fourth-order valence-electron chi connectivity index (χ4n) is 2.88. The Labute approximate surface area is 104 Å². The van der Waals surface area contributed by atoms with E-state index in [1.54, 1.807) is 0 Å². The molecule has 0 aromatic rings. The van der Waals surface area contributed by atoms with Gasteiger partial charge in [0.25, 0.3) is 0 Å². The zero-order chi connectivity index (χ0) is 12.1. The lowest BCUT2D eigenvalue weighted by Gasteiger charge is -2.35. The Morgan fingerprint density at radius 3 is 2.12 bits per heavy atom. The molecule has 0 N–H and O–H groups in total. The van der Waals surface area contributed by atoms with Crippen LogP contribution in [0.25, 0.3) is 0 Å². The summed E-state index contributed by atoms with van der Waals surface area (Å²) in [5.74, 6) is 0.756. The molecule has 0 atom stereocenters. The maximum atomic E-state index is 12.9. The van der Waals surface area contributed by atoms with Crippen LogP contribution in [0.15, 0.2) is 0 Å². The summed E-state index contributed by atoms with van der Waals surface area (Å²) in [4.78, 5) is 5.09. The molecule has 0 radical (unpaired) electrons. The molecule has 0 amide bonds. The second-order valence-corrected chi connectivity index (χ2v) is 5.42. The molecule has 2 fully saturated rings. The van der Waals surface area contributed by atoms with Gasteiger partial charge in [0, 0.05) is 39.3 Å². The van der Waals surface area contributed by atoms with Crippen LogP contribution in [0.2, 0.25) is 0 Å². The van der Waals surface area contributed by atoms with E-state index < -0.39 is 0 Å². The van der Waals surface area contributed by atoms with E-state index >= 15 is 0 Å². The molecule has 2 rings (SSSR count). The lowest BCUT2D eigenvalue weighted by atomic mass is 9.94. The fraction of sp³-hybridized carbons (Fsp3) is 1.00. The van der Waals surface area contributed by atoms with Crippen LogP contribution in [0.4, 0.5) is 4.48 Å². The molecular formula is C13H26FN3. The third-order valence-electron chi connectivity index (χ3n) is 4.33. The molecule has 0 saturated carbocycles. The van der Waals surface area contributed by atoms with Gasteiger partial charge in [-0.05, 0) is 38.3 Å². The van der Waals surface area contributed by atoms with Crippen LogP contribution in [0.5, 0.6) is 0 Å². The van der Waals surface area contributed by atoms with Crippen LogP contribution >= 0.6 is 0 Å². The number of hydrogen-bond acceptors (Lipinski definition) is 3. The Balaban J connectivity index is 1.59. The lowest BCUT2D eigenvalue weighted by Crippen LogP contribution is -2.46. The van der Waals surface area contributed by atoms with Crippen molar-refractivity contribution in [1.29, 1.82) is 0 Å². The molecule has 2 aliphatic heterocycles. The van der Waals surface area contributed by atoms with Gasteiger partial charge in [-0.1, -0.05) is 6.92 Å².